The molecule has 1 amide bonds. The van der Waals surface area contributed by atoms with Gasteiger partial charge in [0.2, 0.25) is 0 Å². The molecule has 1 saturated carbocycles. The molecule has 1 spiro atoms. The predicted octanol–water partition coefficient (Wildman–Crippen LogP) is 9.90. The number of hydrogen-bond acceptors (Lipinski definition) is 5. The minimum Gasteiger partial charge on any atom is -0.460 e. The molecule has 50 heavy (non-hydrogen) atoms. The smallest absolute Gasteiger partial charge is 0.308 e. The molecule has 3 aromatic carbocycles. The molecule has 0 radical (unpaired) electrons. The first-order valence-electron chi connectivity index (χ1n) is 17.9. The van der Waals surface area contributed by atoms with Crippen molar-refractivity contribution < 1.29 is 28.2 Å². The minimum absolute atomic E-state index is 0.0279. The predicted molar refractivity (Wildman–Crippen MR) is 194 cm³/mol. The summed E-state index contributed by atoms with van der Waals surface area (Å²) in [6.45, 7) is 10.4. The van der Waals surface area contributed by atoms with Crippen LogP contribution in [0.1, 0.15) is 102 Å². The third kappa shape index (κ3) is 8.19. The second-order valence-electron chi connectivity index (χ2n) is 14.9. The fourth-order valence-electron chi connectivity index (χ4n) is 7.53. The largest absolute Gasteiger partial charge is 0.460 e. The van der Waals surface area contributed by atoms with Crippen molar-refractivity contribution in [1.29, 1.82) is 0 Å². The summed E-state index contributed by atoms with van der Waals surface area (Å²) in [6, 6.07) is 25.9. The van der Waals surface area contributed by atoms with Crippen LogP contribution in [0.5, 0.6) is 0 Å². The summed E-state index contributed by atoms with van der Waals surface area (Å²) in [4.78, 5) is 27.4. The highest BCUT2D eigenvalue weighted by atomic mass is 19.1. The number of nitrogens with zero attached hydrogens (tertiary/aromatic N) is 1. The summed E-state index contributed by atoms with van der Waals surface area (Å²) in [7, 11) is 0. The van der Waals surface area contributed by atoms with Crippen LogP contribution >= 0.6 is 0 Å². The molecule has 2 aliphatic rings. The Balaban J connectivity index is 1.42. The van der Waals surface area contributed by atoms with Crippen molar-refractivity contribution in [2.75, 3.05) is 5.32 Å². The third-order valence-corrected chi connectivity index (χ3v) is 9.43. The van der Waals surface area contributed by atoms with Crippen molar-refractivity contribution in [2.24, 2.45) is 0 Å². The Hall–Kier alpha value is -4.27. The lowest BCUT2D eigenvalue weighted by Gasteiger charge is -2.43. The maximum Gasteiger partial charge on any atom is 0.308 e. The van der Waals surface area contributed by atoms with Crippen LogP contribution in [0.15, 0.2) is 84.9 Å². The minimum atomic E-state index is -0.705. The first kappa shape index (κ1) is 35.6. The van der Waals surface area contributed by atoms with Gasteiger partial charge in [0.05, 0.1) is 29.9 Å². The van der Waals surface area contributed by atoms with Gasteiger partial charge in [0.25, 0.3) is 5.91 Å². The summed E-state index contributed by atoms with van der Waals surface area (Å²) < 4.78 is 35.5. The molecular formula is C42H49FN2O5. The molecule has 4 aromatic rings. The van der Waals surface area contributed by atoms with E-state index in [2.05, 4.69) is 23.7 Å². The molecule has 1 N–H and O–H groups in total. The zero-order valence-electron chi connectivity index (χ0n) is 29.8. The van der Waals surface area contributed by atoms with Gasteiger partial charge < -0.3 is 24.1 Å². The van der Waals surface area contributed by atoms with E-state index < -0.39 is 11.4 Å². The summed E-state index contributed by atoms with van der Waals surface area (Å²) in [5.41, 5.74) is 4.98. The average Bonchev–Trinajstić information content (AvgIpc) is 3.66. The highest BCUT2D eigenvalue weighted by molar-refractivity contribution is 6.12. The fraction of sp³-hybridized carbons (Fsp3) is 0.429. The number of carbonyl (C=O) groups is 2. The van der Waals surface area contributed by atoms with Crippen LogP contribution in [-0.2, 0) is 25.5 Å². The second kappa shape index (κ2) is 14.9. The van der Waals surface area contributed by atoms with Gasteiger partial charge in [-0.3, -0.25) is 9.59 Å². The first-order valence-corrected chi connectivity index (χ1v) is 17.9. The van der Waals surface area contributed by atoms with E-state index in [0.717, 1.165) is 53.8 Å². The molecule has 2 fully saturated rings. The van der Waals surface area contributed by atoms with Gasteiger partial charge in [0.15, 0.2) is 5.79 Å². The number of rotatable bonds is 10. The van der Waals surface area contributed by atoms with Crippen LogP contribution < -0.4 is 5.32 Å². The lowest BCUT2D eigenvalue weighted by atomic mass is 9.94. The molecule has 1 saturated heterocycles. The number of hydrogen-bond donors (Lipinski definition) is 1. The van der Waals surface area contributed by atoms with E-state index in [1.54, 1.807) is 12.1 Å². The molecule has 2 heterocycles. The third-order valence-electron chi connectivity index (χ3n) is 9.43. The highest BCUT2D eigenvalue weighted by Crippen LogP contribution is 2.45. The molecule has 1 aromatic heterocycles. The van der Waals surface area contributed by atoms with E-state index in [1.807, 2.05) is 81.4 Å². The summed E-state index contributed by atoms with van der Waals surface area (Å²) >= 11 is 0. The molecule has 6 rings (SSSR count). The van der Waals surface area contributed by atoms with Crippen LogP contribution in [-0.4, -0.2) is 40.0 Å². The number of anilines is 1. The van der Waals surface area contributed by atoms with Crippen LogP contribution in [0.3, 0.4) is 0 Å². The molecular weight excluding hydrogens is 631 g/mol. The Morgan fingerprint density at radius 3 is 2.14 bits per heavy atom. The van der Waals surface area contributed by atoms with E-state index in [4.69, 9.17) is 14.2 Å². The number of ether oxygens (including phenoxy) is 3. The number of benzene rings is 3. The molecule has 264 valence electrons. The standard InChI is InChI=1S/C42H49FN2O5/c1-28(2)38-37(40(47)44-32-16-10-7-11-17-32)36(29-14-8-6-9-15-29)39(30-18-20-31(43)21-19-30)45(38)25-22-33-26-34(27-35(46)50-41(3,4)5)49-42(48-33)23-12-13-24-42/h6-11,14-21,28,33-34H,12-13,22-27H2,1-5H3,(H,44,47)/t33-,34-/m1/s1. The molecule has 0 bridgehead atoms. The van der Waals surface area contributed by atoms with Gasteiger partial charge in [0.1, 0.15) is 11.4 Å². The van der Waals surface area contributed by atoms with Crippen LogP contribution in [0.4, 0.5) is 10.1 Å². The highest BCUT2D eigenvalue weighted by Gasteiger charge is 2.45. The number of amides is 1. The van der Waals surface area contributed by atoms with Gasteiger partial charge in [-0.15, -0.1) is 0 Å². The Bertz CT molecular complexity index is 1770. The number of halogens is 1. The van der Waals surface area contributed by atoms with E-state index in [-0.39, 0.29) is 42.2 Å². The van der Waals surface area contributed by atoms with Crippen molar-refractivity contribution in [2.45, 2.75) is 116 Å². The van der Waals surface area contributed by atoms with Crippen LogP contribution in [0.2, 0.25) is 0 Å². The van der Waals surface area contributed by atoms with E-state index in [1.165, 1.54) is 12.1 Å². The normalized spacial score (nSPS) is 18.8. The van der Waals surface area contributed by atoms with Gasteiger partial charge >= 0.3 is 5.97 Å². The number of para-hydroxylation sites is 1. The van der Waals surface area contributed by atoms with E-state index in [9.17, 15) is 14.0 Å². The van der Waals surface area contributed by atoms with Gasteiger partial charge in [-0.1, -0.05) is 62.4 Å². The topological polar surface area (TPSA) is 78.8 Å². The maximum atomic E-state index is 14.4. The van der Waals surface area contributed by atoms with Gasteiger partial charge in [-0.05, 0) is 93.5 Å². The van der Waals surface area contributed by atoms with Gasteiger partial charge in [-0.25, -0.2) is 4.39 Å². The Kier molecular flexibility index (Phi) is 10.6. The van der Waals surface area contributed by atoms with Crippen molar-refractivity contribution in [3.8, 4) is 22.4 Å². The second-order valence-corrected chi connectivity index (χ2v) is 14.9. The van der Waals surface area contributed by atoms with Crippen molar-refractivity contribution in [3.05, 3.63) is 102 Å². The number of esters is 1. The Morgan fingerprint density at radius 1 is 0.900 bits per heavy atom. The summed E-state index contributed by atoms with van der Waals surface area (Å²) in [5.74, 6) is -1.54. The van der Waals surface area contributed by atoms with Crippen LogP contribution in [0.25, 0.3) is 22.4 Å². The Morgan fingerprint density at radius 2 is 1.52 bits per heavy atom. The zero-order valence-corrected chi connectivity index (χ0v) is 29.8. The SMILES string of the molecule is CC(C)c1c(C(=O)Nc2ccccc2)c(-c2ccccc2)c(-c2ccc(F)cc2)n1CC[C@@H]1C[C@H](CC(=O)OC(C)(C)C)OC2(CCCC2)O1. The van der Waals surface area contributed by atoms with Crippen molar-refractivity contribution in [1.82, 2.24) is 4.57 Å². The number of aromatic nitrogens is 1. The molecule has 0 unspecified atom stereocenters. The number of carbonyl (C=O) groups excluding carboxylic acids is 2. The molecule has 1 aliphatic carbocycles. The quantitative estimate of drug-likeness (QED) is 0.169. The molecule has 7 nitrogen and oxygen atoms in total. The lowest BCUT2D eigenvalue weighted by Crippen LogP contribution is -2.48. The first-order chi connectivity index (χ1) is 23.9. The van der Waals surface area contributed by atoms with E-state index in [0.29, 0.717) is 30.6 Å². The average molecular weight is 681 g/mol. The van der Waals surface area contributed by atoms with Gasteiger partial charge in [-0.2, -0.15) is 0 Å². The van der Waals surface area contributed by atoms with Crippen LogP contribution in [0, 0.1) is 5.82 Å². The zero-order chi connectivity index (χ0) is 35.5. The Labute approximate surface area is 295 Å². The lowest BCUT2D eigenvalue weighted by molar-refractivity contribution is -0.315. The molecule has 8 heteroatoms. The van der Waals surface area contributed by atoms with Gasteiger partial charge in [0, 0.05) is 42.8 Å². The van der Waals surface area contributed by atoms with Crippen molar-refractivity contribution >= 4 is 17.6 Å². The number of nitrogens with one attached hydrogen (secondary N) is 1. The summed E-state index contributed by atoms with van der Waals surface area (Å²) in [5, 5.41) is 3.15. The monoisotopic (exact) mass is 680 g/mol. The van der Waals surface area contributed by atoms with E-state index >= 15 is 0 Å². The summed E-state index contributed by atoms with van der Waals surface area (Å²) in [6.07, 6.45) is 4.45. The molecule has 2 atom stereocenters. The van der Waals surface area contributed by atoms with Crippen molar-refractivity contribution in [3.63, 3.8) is 0 Å². The fourth-order valence-corrected chi connectivity index (χ4v) is 7.53. The maximum absolute atomic E-state index is 14.4. The molecule has 1 aliphatic heterocycles.